The van der Waals surface area contributed by atoms with Gasteiger partial charge in [-0.25, -0.2) is 14.2 Å². The number of hydrogen-bond donors (Lipinski definition) is 3. The summed E-state index contributed by atoms with van der Waals surface area (Å²) in [4.78, 5) is 24.2. The van der Waals surface area contributed by atoms with Crippen LogP contribution in [0.2, 0.25) is 0 Å². The number of aromatic nitrogens is 1. The fraction of sp³-hybridized carbons (Fsp3) is 0.435. The zero-order valence-corrected chi connectivity index (χ0v) is 18.4. The largest absolute Gasteiger partial charge is 0.490 e. The molecule has 1 aliphatic heterocycles. The van der Waals surface area contributed by atoms with Crippen molar-refractivity contribution in [1.82, 2.24) is 4.98 Å². The van der Waals surface area contributed by atoms with E-state index in [-0.39, 0.29) is 36.2 Å². The molecule has 35 heavy (non-hydrogen) atoms. The topological polar surface area (TPSA) is 109 Å². The predicted molar refractivity (Wildman–Crippen MR) is 113 cm³/mol. The van der Waals surface area contributed by atoms with Crippen molar-refractivity contribution in [3.8, 4) is 5.75 Å². The van der Waals surface area contributed by atoms with E-state index in [0.717, 1.165) is 30.9 Å². The quantitative estimate of drug-likeness (QED) is 0.477. The third-order valence-corrected chi connectivity index (χ3v) is 5.65. The van der Waals surface area contributed by atoms with Crippen LogP contribution in [0.15, 0.2) is 24.3 Å². The van der Waals surface area contributed by atoms with Gasteiger partial charge in [-0.05, 0) is 54.4 Å². The molecule has 2 aliphatic rings. The Balaban J connectivity index is 0.000000429. The zero-order chi connectivity index (χ0) is 25.8. The predicted octanol–water partition coefficient (Wildman–Crippen LogP) is 4.55. The minimum atomic E-state index is -5.08. The first-order valence-electron chi connectivity index (χ1n) is 10.8. The minimum absolute atomic E-state index is 0.0212. The summed E-state index contributed by atoms with van der Waals surface area (Å²) >= 11 is 0. The summed E-state index contributed by atoms with van der Waals surface area (Å²) in [6.07, 6.45) is -1.94. The maximum absolute atomic E-state index is 14.4. The number of aliphatic carboxylic acids is 2. The van der Waals surface area contributed by atoms with E-state index in [2.05, 4.69) is 10.3 Å². The Morgan fingerprint density at radius 2 is 1.83 bits per heavy atom. The molecule has 4 rings (SSSR count). The lowest BCUT2D eigenvalue weighted by atomic mass is 10.1. The molecule has 0 bridgehead atoms. The van der Waals surface area contributed by atoms with Gasteiger partial charge in [0.15, 0.2) is 11.6 Å². The molecule has 0 saturated heterocycles. The number of alkyl halides is 3. The molecule has 3 N–H and O–H groups in total. The number of carboxylic acid groups (broad SMARTS) is 2. The van der Waals surface area contributed by atoms with Crippen molar-refractivity contribution >= 4 is 17.8 Å². The average molecular weight is 502 g/mol. The zero-order valence-electron chi connectivity index (χ0n) is 18.4. The summed E-state index contributed by atoms with van der Waals surface area (Å²) in [5.74, 6) is -5.22. The van der Waals surface area contributed by atoms with Gasteiger partial charge in [-0.1, -0.05) is 12.1 Å². The van der Waals surface area contributed by atoms with Crippen molar-refractivity contribution in [2.24, 2.45) is 5.92 Å². The van der Waals surface area contributed by atoms with E-state index in [1.54, 1.807) is 0 Å². The highest BCUT2D eigenvalue weighted by molar-refractivity contribution is 5.73. The Morgan fingerprint density at radius 3 is 2.49 bits per heavy atom. The molecule has 12 heteroatoms. The second kappa shape index (κ2) is 10.9. The summed E-state index contributed by atoms with van der Waals surface area (Å²) in [7, 11) is 0. The lowest BCUT2D eigenvalue weighted by Crippen LogP contribution is -2.21. The van der Waals surface area contributed by atoms with E-state index in [1.807, 2.05) is 12.1 Å². The Morgan fingerprint density at radius 1 is 1.11 bits per heavy atom. The summed E-state index contributed by atoms with van der Waals surface area (Å²) in [5, 5.41) is 19.2. The first-order chi connectivity index (χ1) is 16.5. The molecule has 1 aromatic carbocycles. The number of ether oxygens (including phenoxy) is 1. The van der Waals surface area contributed by atoms with E-state index < -0.39 is 29.7 Å². The number of aryl methyl sites for hydroxylation is 1. The van der Waals surface area contributed by atoms with E-state index in [4.69, 9.17) is 19.7 Å². The van der Waals surface area contributed by atoms with Crippen LogP contribution in [0.3, 0.4) is 0 Å². The molecule has 2 aromatic rings. The third-order valence-electron chi connectivity index (χ3n) is 5.65. The number of pyridine rings is 1. The van der Waals surface area contributed by atoms with Crippen molar-refractivity contribution in [1.29, 1.82) is 0 Å². The normalized spacial score (nSPS) is 18.4. The van der Waals surface area contributed by atoms with Gasteiger partial charge in [0, 0.05) is 25.1 Å². The van der Waals surface area contributed by atoms with Crippen LogP contribution in [0.1, 0.15) is 42.0 Å². The van der Waals surface area contributed by atoms with Gasteiger partial charge in [0.2, 0.25) is 5.82 Å². The van der Waals surface area contributed by atoms with Crippen LogP contribution >= 0.6 is 0 Å². The fourth-order valence-electron chi connectivity index (χ4n) is 3.80. The first-order valence-corrected chi connectivity index (χ1v) is 10.8. The van der Waals surface area contributed by atoms with Gasteiger partial charge >= 0.3 is 18.1 Å². The number of nitrogens with one attached hydrogen (secondary N) is 1. The van der Waals surface area contributed by atoms with Gasteiger partial charge < -0.3 is 20.3 Å². The lowest BCUT2D eigenvalue weighted by Gasteiger charge is -2.17. The van der Waals surface area contributed by atoms with Crippen molar-refractivity contribution < 1.29 is 46.5 Å². The number of rotatable bonds is 7. The van der Waals surface area contributed by atoms with E-state index >= 15 is 0 Å². The second-order valence-corrected chi connectivity index (χ2v) is 8.22. The van der Waals surface area contributed by atoms with Crippen LogP contribution in [-0.2, 0) is 22.4 Å². The Bertz CT molecular complexity index is 1090. The molecular formula is C23H23F5N2O5. The van der Waals surface area contributed by atoms with Gasteiger partial charge in [-0.3, -0.25) is 4.79 Å². The summed E-state index contributed by atoms with van der Waals surface area (Å²) in [6.45, 7) is 1.09. The fourth-order valence-corrected chi connectivity index (χ4v) is 3.80. The number of fused-ring (bicyclic) bond motifs is 1. The highest BCUT2D eigenvalue weighted by Gasteiger charge is 2.42. The minimum Gasteiger partial charge on any atom is -0.490 e. The van der Waals surface area contributed by atoms with Crippen molar-refractivity contribution in [2.75, 3.05) is 18.5 Å². The van der Waals surface area contributed by atoms with Crippen molar-refractivity contribution in [3.63, 3.8) is 0 Å². The van der Waals surface area contributed by atoms with Crippen LogP contribution < -0.4 is 10.1 Å². The Hall–Kier alpha value is -3.44. The number of anilines is 1. The van der Waals surface area contributed by atoms with Crippen LogP contribution in [0, 0.1) is 17.6 Å². The molecule has 2 heterocycles. The van der Waals surface area contributed by atoms with E-state index in [1.165, 1.54) is 17.7 Å². The smallest absolute Gasteiger partial charge is 0.490 e. The molecule has 1 aromatic heterocycles. The lowest BCUT2D eigenvalue weighted by molar-refractivity contribution is -0.192. The molecule has 0 radical (unpaired) electrons. The number of hydrogen-bond acceptors (Lipinski definition) is 5. The third kappa shape index (κ3) is 7.03. The van der Waals surface area contributed by atoms with Crippen molar-refractivity contribution in [3.05, 3.63) is 52.7 Å². The second-order valence-electron chi connectivity index (χ2n) is 8.22. The summed E-state index contributed by atoms with van der Waals surface area (Å²) < 4.78 is 65.9. The van der Waals surface area contributed by atoms with Crippen LogP contribution in [-0.4, -0.2) is 46.5 Å². The summed E-state index contributed by atoms with van der Waals surface area (Å²) in [6, 6.07) is 6.90. The number of halogens is 5. The van der Waals surface area contributed by atoms with Gasteiger partial charge in [0.25, 0.3) is 0 Å². The van der Waals surface area contributed by atoms with Crippen LogP contribution in [0.5, 0.6) is 5.75 Å². The molecule has 1 fully saturated rings. The highest BCUT2D eigenvalue weighted by Crippen LogP contribution is 2.51. The molecule has 190 valence electrons. The summed E-state index contributed by atoms with van der Waals surface area (Å²) in [5.41, 5.74) is 2.26. The first kappa shape index (κ1) is 26.2. The Kier molecular flexibility index (Phi) is 8.13. The molecule has 2 unspecified atom stereocenters. The molecule has 0 amide bonds. The van der Waals surface area contributed by atoms with Gasteiger partial charge in [0.1, 0.15) is 5.82 Å². The average Bonchev–Trinajstić information content (AvgIpc) is 3.54. The van der Waals surface area contributed by atoms with Gasteiger partial charge in [-0.15, -0.1) is 0 Å². The van der Waals surface area contributed by atoms with Crippen molar-refractivity contribution in [2.45, 2.75) is 44.2 Å². The SMILES string of the molecule is O=C(O)C(F)(F)F.O=C(O)CC1CC1c1ccc(OCCc2ccc3c(n2)NCCC3)c(F)c1F. The standard InChI is InChI=1S/C21H22F2N2O3.C2HF3O2/c22-19-15(16-10-13(16)11-18(26)27)5-6-17(20(19)23)28-9-7-14-4-3-12-2-1-8-24-21(12)25-14;3-2(4,5)1(6)7/h3-6,13,16H,1-2,7-11H2,(H,24,25)(H,26,27);(H,6,7). The molecule has 0 spiro atoms. The number of carbonyl (C=O) groups is 2. The number of benzene rings is 1. The van der Waals surface area contributed by atoms with Crippen LogP contribution in [0.25, 0.3) is 0 Å². The molecule has 7 nitrogen and oxygen atoms in total. The van der Waals surface area contributed by atoms with Gasteiger partial charge in [0.05, 0.1) is 6.61 Å². The number of carboxylic acids is 2. The van der Waals surface area contributed by atoms with E-state index in [9.17, 15) is 26.7 Å². The molecule has 1 aliphatic carbocycles. The Labute approximate surface area is 196 Å². The molecule has 2 atom stereocenters. The van der Waals surface area contributed by atoms with Crippen LogP contribution in [0.4, 0.5) is 27.8 Å². The highest BCUT2D eigenvalue weighted by atomic mass is 19.4. The van der Waals surface area contributed by atoms with E-state index in [0.29, 0.717) is 12.8 Å². The molecule has 1 saturated carbocycles. The number of nitrogens with zero attached hydrogens (tertiary/aromatic N) is 1. The maximum Gasteiger partial charge on any atom is 0.490 e. The maximum atomic E-state index is 14.4. The molecular weight excluding hydrogens is 479 g/mol. The van der Waals surface area contributed by atoms with Gasteiger partial charge in [-0.2, -0.15) is 17.6 Å². The monoisotopic (exact) mass is 502 g/mol.